The van der Waals surface area contributed by atoms with Gasteiger partial charge in [-0.3, -0.25) is 38.6 Å². The highest BCUT2D eigenvalue weighted by Gasteiger charge is 2.33. The van der Waals surface area contributed by atoms with Crippen LogP contribution in [-0.4, -0.2) is 111 Å². The standard InChI is InChI=1S/C40H47ClN12O5/c1-42-33(55)23-58-31-20-25-19-26(21-43-37(25)49(2)39(31)57)45-36-29(41)22-44-40(47-36)53-17-15-51(16-18-53)12-9-24-10-13-52(14-11-24)30-6-4-5-27-34(48-50(3)35(27)30)28-7-8-32(54)46-38(28)56/h4-6,19-22,24,28H,7-18,23H2,1-3H3,(H,42,55)(H,44,45,47)(H,46,54,56). The van der Waals surface area contributed by atoms with E-state index >= 15 is 0 Å². The summed E-state index contributed by atoms with van der Waals surface area (Å²) in [5.74, 6) is 0.472. The second-order valence-electron chi connectivity index (χ2n) is 15.2. The summed E-state index contributed by atoms with van der Waals surface area (Å²) in [7, 11) is 5.04. The molecule has 3 fully saturated rings. The topological polar surface area (TPSA) is 185 Å². The number of nitrogens with one attached hydrogen (secondary N) is 3. The highest BCUT2D eigenvalue weighted by Crippen LogP contribution is 2.36. The predicted octanol–water partition coefficient (Wildman–Crippen LogP) is 3.08. The molecule has 7 heterocycles. The number of halogens is 1. The SMILES string of the molecule is CNC(=O)COc1cc2cc(Nc3nc(N4CCN(CCC5CCN(c6cccc7c(C8CCC(=O)NC8=O)nn(C)c67)CC5)CC4)ncc3Cl)cnc2n(C)c1=O. The van der Waals surface area contributed by atoms with Crippen molar-refractivity contribution in [2.75, 3.05) is 74.6 Å². The first-order valence-electron chi connectivity index (χ1n) is 19.7. The van der Waals surface area contributed by atoms with E-state index < -0.39 is 11.5 Å². The maximum Gasteiger partial charge on any atom is 0.294 e. The van der Waals surface area contributed by atoms with E-state index in [1.807, 2.05) is 29.9 Å². The smallest absolute Gasteiger partial charge is 0.294 e. The van der Waals surface area contributed by atoms with Crippen molar-refractivity contribution >= 4 is 74.4 Å². The zero-order chi connectivity index (χ0) is 40.5. The van der Waals surface area contributed by atoms with Gasteiger partial charge in [0.2, 0.25) is 17.8 Å². The number of piperidine rings is 2. The number of hydrogen-bond donors (Lipinski definition) is 3. The van der Waals surface area contributed by atoms with Crippen molar-refractivity contribution in [3.05, 3.63) is 63.8 Å². The molecular formula is C40H47ClN12O5. The van der Waals surface area contributed by atoms with Gasteiger partial charge in [-0.05, 0) is 56.3 Å². The third kappa shape index (κ3) is 8.00. The van der Waals surface area contributed by atoms with Gasteiger partial charge in [-0.2, -0.15) is 10.1 Å². The zero-order valence-corrected chi connectivity index (χ0v) is 33.6. The molecule has 18 heteroatoms. The Morgan fingerprint density at radius 3 is 2.53 bits per heavy atom. The average Bonchev–Trinajstić information content (AvgIpc) is 3.57. The Hall–Kier alpha value is -5.81. The number of pyridine rings is 2. The van der Waals surface area contributed by atoms with Gasteiger partial charge in [-0.25, -0.2) is 9.97 Å². The lowest BCUT2D eigenvalue weighted by molar-refractivity contribution is -0.134. The number of nitrogens with zero attached hydrogens (tertiary/aromatic N) is 9. The Kier molecular flexibility index (Phi) is 11.2. The third-order valence-corrected chi connectivity index (χ3v) is 11.8. The summed E-state index contributed by atoms with van der Waals surface area (Å²) in [6.45, 7) is 6.08. The summed E-state index contributed by atoms with van der Waals surface area (Å²) in [6, 6.07) is 9.62. The van der Waals surface area contributed by atoms with Crippen LogP contribution in [0.1, 0.15) is 43.7 Å². The first-order valence-corrected chi connectivity index (χ1v) is 20.1. The fourth-order valence-electron chi connectivity index (χ4n) is 8.26. The van der Waals surface area contributed by atoms with Crippen LogP contribution in [0.4, 0.5) is 23.1 Å². The van der Waals surface area contributed by atoms with Crippen LogP contribution in [0.15, 0.2) is 47.5 Å². The Labute approximate surface area is 339 Å². The van der Waals surface area contributed by atoms with Gasteiger partial charge in [0.1, 0.15) is 10.7 Å². The zero-order valence-electron chi connectivity index (χ0n) is 32.8. The summed E-state index contributed by atoms with van der Waals surface area (Å²) >= 11 is 6.55. The maximum atomic E-state index is 12.8. The molecule has 0 spiro atoms. The van der Waals surface area contributed by atoms with E-state index in [9.17, 15) is 19.2 Å². The van der Waals surface area contributed by atoms with E-state index in [-0.39, 0.29) is 30.1 Å². The van der Waals surface area contributed by atoms with E-state index in [0.29, 0.717) is 52.3 Å². The number of aryl methyl sites for hydroxylation is 2. The molecule has 1 atom stereocenters. The molecule has 0 saturated carbocycles. The Balaban J connectivity index is 0.840. The van der Waals surface area contributed by atoms with Crippen LogP contribution < -0.4 is 36.0 Å². The maximum absolute atomic E-state index is 12.8. The molecule has 8 rings (SSSR count). The summed E-state index contributed by atoms with van der Waals surface area (Å²) in [6.07, 6.45) is 7.38. The number of benzene rings is 1. The molecule has 5 aromatic rings. The first kappa shape index (κ1) is 39.0. The van der Waals surface area contributed by atoms with Gasteiger partial charge in [-0.15, -0.1) is 0 Å². The van der Waals surface area contributed by atoms with Gasteiger partial charge in [0.25, 0.3) is 11.5 Å². The number of carbonyl (C=O) groups excluding carboxylic acids is 3. The van der Waals surface area contributed by atoms with Crippen molar-refractivity contribution in [3.8, 4) is 5.75 Å². The second-order valence-corrected chi connectivity index (χ2v) is 15.6. The van der Waals surface area contributed by atoms with Crippen molar-refractivity contribution < 1.29 is 19.1 Å². The van der Waals surface area contributed by atoms with E-state index in [2.05, 4.69) is 46.7 Å². The first-order chi connectivity index (χ1) is 28.1. The highest BCUT2D eigenvalue weighted by molar-refractivity contribution is 6.33. The molecule has 17 nitrogen and oxygen atoms in total. The van der Waals surface area contributed by atoms with Crippen LogP contribution in [0.3, 0.4) is 0 Å². The largest absolute Gasteiger partial charge is 0.478 e. The summed E-state index contributed by atoms with van der Waals surface area (Å²) in [5.41, 5.74) is 3.60. The van der Waals surface area contributed by atoms with Crippen LogP contribution in [-0.2, 0) is 28.5 Å². The number of para-hydroxylation sites is 1. The quantitative estimate of drug-likeness (QED) is 0.166. The van der Waals surface area contributed by atoms with Crippen LogP contribution in [0, 0.1) is 5.92 Å². The molecule has 1 aromatic carbocycles. The number of fused-ring (bicyclic) bond motifs is 2. The number of carbonyl (C=O) groups is 3. The molecular weight excluding hydrogens is 764 g/mol. The van der Waals surface area contributed by atoms with Crippen molar-refractivity contribution in [2.24, 2.45) is 20.0 Å². The van der Waals surface area contributed by atoms with Gasteiger partial charge in [0.05, 0.1) is 40.9 Å². The minimum absolute atomic E-state index is 0.0453. The van der Waals surface area contributed by atoms with E-state index in [1.165, 1.54) is 11.6 Å². The predicted molar refractivity (Wildman–Crippen MR) is 221 cm³/mol. The number of ether oxygens (including phenoxy) is 1. The van der Waals surface area contributed by atoms with Crippen LogP contribution in [0.5, 0.6) is 5.75 Å². The normalized spacial score (nSPS) is 18.2. The number of piperazine rings is 1. The Morgan fingerprint density at radius 1 is 0.983 bits per heavy atom. The van der Waals surface area contributed by atoms with Gasteiger partial charge in [0.15, 0.2) is 18.2 Å². The third-order valence-electron chi connectivity index (χ3n) is 11.6. The number of anilines is 4. The lowest BCUT2D eigenvalue weighted by atomic mass is 9.91. The highest BCUT2D eigenvalue weighted by atomic mass is 35.5. The van der Waals surface area contributed by atoms with Crippen LogP contribution >= 0.6 is 11.6 Å². The van der Waals surface area contributed by atoms with E-state index in [0.717, 1.165) is 87.4 Å². The fourth-order valence-corrected chi connectivity index (χ4v) is 8.40. The van der Waals surface area contributed by atoms with Gasteiger partial charge < -0.3 is 25.2 Å². The minimum Gasteiger partial charge on any atom is -0.478 e. The van der Waals surface area contributed by atoms with Gasteiger partial charge in [0, 0.05) is 77.6 Å². The summed E-state index contributed by atoms with van der Waals surface area (Å²) in [5, 5.41) is 15.0. The molecule has 0 aliphatic carbocycles. The Bertz CT molecular complexity index is 2440. The van der Waals surface area contributed by atoms with E-state index in [1.54, 1.807) is 25.5 Å². The van der Waals surface area contributed by atoms with Crippen LogP contribution in [0.2, 0.25) is 5.02 Å². The number of likely N-dealkylation sites (N-methyl/N-ethyl adjacent to an activating group) is 1. The van der Waals surface area contributed by atoms with Gasteiger partial charge >= 0.3 is 0 Å². The monoisotopic (exact) mass is 810 g/mol. The molecule has 3 amide bonds. The lowest BCUT2D eigenvalue weighted by Crippen LogP contribution is -2.47. The molecule has 3 aliphatic rings. The number of imide groups is 1. The van der Waals surface area contributed by atoms with Gasteiger partial charge in [-0.1, -0.05) is 23.7 Å². The molecule has 3 N–H and O–H groups in total. The average molecular weight is 811 g/mol. The molecule has 304 valence electrons. The molecule has 3 saturated heterocycles. The lowest BCUT2D eigenvalue weighted by Gasteiger charge is -2.37. The Morgan fingerprint density at radius 2 is 1.78 bits per heavy atom. The van der Waals surface area contributed by atoms with Crippen LogP contribution in [0.25, 0.3) is 21.9 Å². The van der Waals surface area contributed by atoms with Crippen molar-refractivity contribution in [3.63, 3.8) is 0 Å². The number of rotatable bonds is 11. The molecule has 58 heavy (non-hydrogen) atoms. The summed E-state index contributed by atoms with van der Waals surface area (Å²) < 4.78 is 8.75. The second kappa shape index (κ2) is 16.6. The fraction of sp³-hybridized carbons (Fsp3) is 0.450. The number of hydrogen-bond acceptors (Lipinski definition) is 13. The molecule has 0 bridgehead atoms. The number of aromatic nitrogens is 6. The molecule has 3 aliphatic heterocycles. The summed E-state index contributed by atoms with van der Waals surface area (Å²) in [4.78, 5) is 69.8. The molecule has 0 radical (unpaired) electrons. The van der Waals surface area contributed by atoms with E-state index in [4.69, 9.17) is 26.4 Å². The van der Waals surface area contributed by atoms with Crippen molar-refractivity contribution in [2.45, 2.75) is 38.0 Å². The van der Waals surface area contributed by atoms with Crippen molar-refractivity contribution in [1.82, 2.24) is 44.8 Å². The minimum atomic E-state index is -0.419. The number of amides is 3. The van der Waals surface area contributed by atoms with Crippen molar-refractivity contribution in [1.29, 1.82) is 0 Å². The molecule has 4 aromatic heterocycles. The molecule has 1 unspecified atom stereocenters.